The molecule has 1 aliphatic heterocycles. The second kappa shape index (κ2) is 8.00. The van der Waals surface area contributed by atoms with Crippen LogP contribution in [-0.2, 0) is 9.59 Å². The van der Waals surface area contributed by atoms with E-state index in [9.17, 15) is 14.0 Å². The van der Waals surface area contributed by atoms with Crippen LogP contribution in [0.2, 0.25) is 0 Å². The van der Waals surface area contributed by atoms with Gasteiger partial charge in [0.05, 0.1) is 17.7 Å². The van der Waals surface area contributed by atoms with E-state index in [1.165, 1.54) is 23.8 Å². The van der Waals surface area contributed by atoms with Crippen molar-refractivity contribution in [3.63, 3.8) is 0 Å². The van der Waals surface area contributed by atoms with E-state index in [1.807, 2.05) is 18.2 Å². The lowest BCUT2D eigenvalue weighted by molar-refractivity contribution is -0.122. The number of amides is 2. The molecular weight excluding hydrogens is 359 g/mol. The quantitative estimate of drug-likeness (QED) is 0.846. The van der Waals surface area contributed by atoms with Gasteiger partial charge in [-0.05, 0) is 49.9 Å². The Bertz CT molecular complexity index is 880. The summed E-state index contributed by atoms with van der Waals surface area (Å²) < 4.78 is 20.0. The number of carbonyl (C=O) groups excluding carboxylic acids is 2. The fourth-order valence-corrected chi connectivity index (χ4v) is 3.88. The first kappa shape index (κ1) is 18.5. The van der Waals surface area contributed by atoms with Crippen molar-refractivity contribution >= 4 is 23.2 Å². The number of ether oxygens (including phenoxy) is 1. The Morgan fingerprint density at radius 2 is 1.89 bits per heavy atom. The molecule has 2 aromatic carbocycles. The molecule has 2 amide bonds. The Kier molecular flexibility index (Phi) is 5.28. The summed E-state index contributed by atoms with van der Waals surface area (Å²) in [6, 6.07) is 13.4. The van der Waals surface area contributed by atoms with Crippen molar-refractivity contribution in [1.29, 1.82) is 0 Å². The van der Waals surface area contributed by atoms with Crippen LogP contribution in [0.5, 0.6) is 5.75 Å². The highest BCUT2D eigenvalue weighted by Crippen LogP contribution is 2.29. The summed E-state index contributed by atoms with van der Waals surface area (Å²) in [6.45, 7) is 0.171. The fourth-order valence-electron chi connectivity index (χ4n) is 3.88. The molecule has 0 bridgehead atoms. The molecule has 5 nitrogen and oxygen atoms in total. The van der Waals surface area contributed by atoms with Crippen molar-refractivity contribution in [3.8, 4) is 5.75 Å². The molecule has 0 unspecified atom stereocenters. The molecule has 1 atom stereocenters. The third kappa shape index (κ3) is 4.01. The van der Waals surface area contributed by atoms with Crippen molar-refractivity contribution in [2.45, 2.75) is 38.2 Å². The number of benzene rings is 2. The summed E-state index contributed by atoms with van der Waals surface area (Å²) in [4.78, 5) is 26.3. The van der Waals surface area contributed by atoms with E-state index in [0.29, 0.717) is 5.69 Å². The van der Waals surface area contributed by atoms with Crippen LogP contribution in [0.1, 0.15) is 32.1 Å². The van der Waals surface area contributed by atoms with Gasteiger partial charge in [-0.25, -0.2) is 4.39 Å². The highest BCUT2D eigenvalue weighted by atomic mass is 19.1. The van der Waals surface area contributed by atoms with E-state index in [4.69, 9.17) is 4.74 Å². The maximum atomic E-state index is 14.0. The van der Waals surface area contributed by atoms with Crippen LogP contribution in [0.15, 0.2) is 48.5 Å². The summed E-state index contributed by atoms with van der Waals surface area (Å²) in [5.41, 5.74) is 0.854. The van der Waals surface area contributed by atoms with E-state index in [1.54, 1.807) is 24.3 Å². The van der Waals surface area contributed by atoms with E-state index >= 15 is 0 Å². The molecule has 146 valence electrons. The maximum Gasteiger partial charge on any atom is 0.229 e. The van der Waals surface area contributed by atoms with Crippen molar-refractivity contribution < 1.29 is 18.7 Å². The number of halogens is 1. The Labute approximate surface area is 163 Å². The molecule has 1 saturated heterocycles. The van der Waals surface area contributed by atoms with Gasteiger partial charge in [-0.3, -0.25) is 9.59 Å². The largest absolute Gasteiger partial charge is 0.490 e. The SMILES string of the molecule is O=C(Nc1cccc(OC2CCCC2)c1)[C@H]1CC(=O)N(c2ccccc2F)C1. The molecule has 1 heterocycles. The molecule has 6 heteroatoms. The lowest BCUT2D eigenvalue weighted by Crippen LogP contribution is -2.28. The van der Waals surface area contributed by atoms with Gasteiger partial charge in [0.1, 0.15) is 11.6 Å². The van der Waals surface area contributed by atoms with Gasteiger partial charge in [-0.2, -0.15) is 0 Å². The molecule has 0 radical (unpaired) electrons. The molecule has 0 aromatic heterocycles. The van der Waals surface area contributed by atoms with E-state index in [0.717, 1.165) is 18.6 Å². The zero-order valence-corrected chi connectivity index (χ0v) is 15.6. The van der Waals surface area contributed by atoms with Crippen molar-refractivity contribution in [2.75, 3.05) is 16.8 Å². The van der Waals surface area contributed by atoms with Crippen molar-refractivity contribution in [1.82, 2.24) is 0 Å². The van der Waals surface area contributed by atoms with Gasteiger partial charge >= 0.3 is 0 Å². The monoisotopic (exact) mass is 382 g/mol. The van der Waals surface area contributed by atoms with Crippen LogP contribution in [-0.4, -0.2) is 24.5 Å². The standard InChI is InChI=1S/C22H23FN2O3/c23-19-10-3-4-11-20(19)25-14-15(12-21(25)26)22(27)24-16-6-5-9-18(13-16)28-17-7-1-2-8-17/h3-6,9-11,13,15,17H,1-2,7-8,12,14H2,(H,24,27)/t15-/m0/s1. The smallest absolute Gasteiger partial charge is 0.229 e. The predicted molar refractivity (Wildman–Crippen MR) is 105 cm³/mol. The van der Waals surface area contributed by atoms with Gasteiger partial charge < -0.3 is 15.0 Å². The minimum Gasteiger partial charge on any atom is -0.490 e. The van der Waals surface area contributed by atoms with Crippen LogP contribution in [0.4, 0.5) is 15.8 Å². The second-order valence-electron chi connectivity index (χ2n) is 7.40. The van der Waals surface area contributed by atoms with E-state index < -0.39 is 11.7 Å². The van der Waals surface area contributed by atoms with Crippen LogP contribution >= 0.6 is 0 Å². The molecular formula is C22H23FN2O3. The van der Waals surface area contributed by atoms with Crippen LogP contribution in [0.3, 0.4) is 0 Å². The Balaban J connectivity index is 1.40. The summed E-state index contributed by atoms with van der Waals surface area (Å²) in [5, 5.41) is 2.86. The normalized spacial score (nSPS) is 19.8. The van der Waals surface area contributed by atoms with Gasteiger partial charge in [0.25, 0.3) is 0 Å². The van der Waals surface area contributed by atoms with Crippen LogP contribution in [0, 0.1) is 11.7 Å². The fraction of sp³-hybridized carbons (Fsp3) is 0.364. The molecule has 1 saturated carbocycles. The van der Waals surface area contributed by atoms with Crippen molar-refractivity contribution in [3.05, 3.63) is 54.3 Å². The van der Waals surface area contributed by atoms with Crippen molar-refractivity contribution in [2.24, 2.45) is 5.92 Å². The average molecular weight is 382 g/mol. The topological polar surface area (TPSA) is 58.6 Å². The third-order valence-corrected chi connectivity index (χ3v) is 5.35. The van der Waals surface area contributed by atoms with E-state index in [-0.39, 0.29) is 36.6 Å². The first-order chi connectivity index (χ1) is 13.6. The number of nitrogens with zero attached hydrogens (tertiary/aromatic N) is 1. The highest BCUT2D eigenvalue weighted by molar-refractivity contribution is 6.03. The molecule has 1 N–H and O–H groups in total. The number of nitrogens with one attached hydrogen (secondary N) is 1. The Hall–Kier alpha value is -2.89. The summed E-state index contributed by atoms with van der Waals surface area (Å²) >= 11 is 0. The van der Waals surface area contributed by atoms with Gasteiger partial charge in [0.15, 0.2) is 0 Å². The number of carbonyl (C=O) groups is 2. The van der Waals surface area contributed by atoms with E-state index in [2.05, 4.69) is 5.32 Å². The number of anilines is 2. The zero-order valence-electron chi connectivity index (χ0n) is 15.6. The number of rotatable bonds is 5. The lowest BCUT2D eigenvalue weighted by Gasteiger charge is -2.17. The van der Waals surface area contributed by atoms with Crippen LogP contribution in [0.25, 0.3) is 0 Å². The number of hydrogen-bond donors (Lipinski definition) is 1. The first-order valence-electron chi connectivity index (χ1n) is 9.72. The molecule has 2 aromatic rings. The van der Waals surface area contributed by atoms with Gasteiger partial charge in [0.2, 0.25) is 11.8 Å². The lowest BCUT2D eigenvalue weighted by atomic mass is 10.1. The minimum atomic E-state index is -0.522. The molecule has 28 heavy (non-hydrogen) atoms. The van der Waals surface area contributed by atoms with Gasteiger partial charge in [-0.15, -0.1) is 0 Å². The predicted octanol–water partition coefficient (Wildman–Crippen LogP) is 4.14. The van der Waals surface area contributed by atoms with Gasteiger partial charge in [0, 0.05) is 24.7 Å². The molecule has 2 fully saturated rings. The molecule has 1 aliphatic carbocycles. The molecule has 0 spiro atoms. The number of para-hydroxylation sites is 1. The number of hydrogen-bond acceptors (Lipinski definition) is 3. The minimum absolute atomic E-state index is 0.0679. The summed E-state index contributed by atoms with van der Waals surface area (Å²) in [6.07, 6.45) is 4.82. The summed E-state index contributed by atoms with van der Waals surface area (Å²) in [5.74, 6) is -0.742. The highest BCUT2D eigenvalue weighted by Gasteiger charge is 2.36. The maximum absolute atomic E-state index is 14.0. The molecule has 4 rings (SSSR count). The zero-order chi connectivity index (χ0) is 19.5. The summed E-state index contributed by atoms with van der Waals surface area (Å²) in [7, 11) is 0. The molecule has 2 aliphatic rings. The van der Waals surface area contributed by atoms with Crippen LogP contribution < -0.4 is 15.0 Å². The Morgan fingerprint density at radius 1 is 1.11 bits per heavy atom. The second-order valence-corrected chi connectivity index (χ2v) is 7.40. The third-order valence-electron chi connectivity index (χ3n) is 5.35. The average Bonchev–Trinajstić information content (AvgIpc) is 3.32. The first-order valence-corrected chi connectivity index (χ1v) is 9.72. The Morgan fingerprint density at radius 3 is 2.68 bits per heavy atom. The van der Waals surface area contributed by atoms with Gasteiger partial charge in [-0.1, -0.05) is 18.2 Å².